The fourth-order valence-corrected chi connectivity index (χ4v) is 5.89. The number of carbonyl (C=O) groups is 1. The van der Waals surface area contributed by atoms with E-state index in [1.165, 1.54) is 5.70 Å². The van der Waals surface area contributed by atoms with E-state index in [4.69, 9.17) is 19.3 Å². The Morgan fingerprint density at radius 3 is 2.50 bits per heavy atom. The Kier molecular flexibility index (Phi) is 8.73. The molecule has 3 heterocycles. The van der Waals surface area contributed by atoms with Gasteiger partial charge in [0, 0.05) is 39.5 Å². The monoisotopic (exact) mass is 548 g/mol. The standard InChI is InChI=1S/C31H40N4O5/c1-5-39-30(36)26-27(31(37)40-6-2)29-24(21-10-8-7-9-11-21)20-25(34-16-18-38-19-17-34)32-35(29)28(26)22-12-14-23(15-13-22)33(3)4/h7-12,14,20,27,29,31,37H,5-6,13,15-19H2,1-4H3. The van der Waals surface area contributed by atoms with Gasteiger partial charge in [-0.05, 0) is 55.6 Å². The second-order valence-electron chi connectivity index (χ2n) is 10.4. The summed E-state index contributed by atoms with van der Waals surface area (Å²) < 4.78 is 17.0. The van der Waals surface area contributed by atoms with Crippen LogP contribution in [0.15, 0.2) is 76.2 Å². The Morgan fingerprint density at radius 1 is 1.12 bits per heavy atom. The molecule has 214 valence electrons. The fraction of sp³-hybridized carbons (Fsp3) is 0.484. The lowest BCUT2D eigenvalue weighted by Gasteiger charge is -2.39. The van der Waals surface area contributed by atoms with Crippen LogP contribution < -0.4 is 0 Å². The Balaban J connectivity index is 1.72. The van der Waals surface area contributed by atoms with Gasteiger partial charge in [0.05, 0.1) is 43.1 Å². The van der Waals surface area contributed by atoms with Crippen molar-refractivity contribution in [3.63, 3.8) is 0 Å². The zero-order valence-corrected chi connectivity index (χ0v) is 23.9. The van der Waals surface area contributed by atoms with Crippen LogP contribution in [-0.4, -0.2) is 97.7 Å². The van der Waals surface area contributed by atoms with Crippen LogP contribution in [0.4, 0.5) is 0 Å². The van der Waals surface area contributed by atoms with Crippen molar-refractivity contribution in [3.8, 4) is 0 Å². The van der Waals surface area contributed by atoms with E-state index >= 15 is 0 Å². The average molecular weight is 549 g/mol. The first kappa shape index (κ1) is 28.1. The first-order valence-corrected chi connectivity index (χ1v) is 14.2. The van der Waals surface area contributed by atoms with E-state index in [0.717, 1.165) is 48.5 Å². The molecule has 0 saturated carbocycles. The number of nitrogens with zero attached hydrogens (tertiary/aromatic N) is 4. The molecule has 1 saturated heterocycles. The molecule has 0 spiro atoms. The predicted octanol–water partition coefficient (Wildman–Crippen LogP) is 3.37. The van der Waals surface area contributed by atoms with Gasteiger partial charge in [0.15, 0.2) is 6.29 Å². The summed E-state index contributed by atoms with van der Waals surface area (Å²) >= 11 is 0. The molecular weight excluding hydrogens is 508 g/mol. The van der Waals surface area contributed by atoms with Crippen molar-refractivity contribution in [1.29, 1.82) is 0 Å². The van der Waals surface area contributed by atoms with E-state index in [0.29, 0.717) is 31.1 Å². The van der Waals surface area contributed by atoms with Gasteiger partial charge in [-0.25, -0.2) is 4.79 Å². The number of benzene rings is 1. The highest BCUT2D eigenvalue weighted by atomic mass is 16.6. The normalized spacial score (nSPS) is 23.6. The minimum Gasteiger partial charge on any atom is -0.463 e. The van der Waals surface area contributed by atoms with Crippen LogP contribution in [0, 0.1) is 5.92 Å². The molecule has 1 aromatic rings. The Hall–Kier alpha value is -3.40. The fourth-order valence-electron chi connectivity index (χ4n) is 5.89. The molecule has 0 aromatic heterocycles. The molecule has 0 radical (unpaired) electrons. The van der Waals surface area contributed by atoms with Gasteiger partial charge in [0.1, 0.15) is 5.84 Å². The zero-order chi connectivity index (χ0) is 28.2. The molecule has 3 aliphatic heterocycles. The van der Waals surface area contributed by atoms with Crippen molar-refractivity contribution >= 4 is 17.4 Å². The quantitative estimate of drug-likeness (QED) is 0.391. The summed E-state index contributed by atoms with van der Waals surface area (Å²) in [5.74, 6) is -0.336. The Bertz CT molecular complexity index is 1240. The molecule has 1 aliphatic carbocycles. The summed E-state index contributed by atoms with van der Waals surface area (Å²) in [5.41, 5.74) is 5.29. The van der Waals surface area contributed by atoms with Crippen LogP contribution in [0.25, 0.3) is 5.57 Å². The van der Waals surface area contributed by atoms with Gasteiger partial charge in [-0.15, -0.1) is 0 Å². The van der Waals surface area contributed by atoms with Crippen LogP contribution in [0.3, 0.4) is 0 Å². The zero-order valence-electron chi connectivity index (χ0n) is 23.9. The number of carbonyl (C=O) groups excluding carboxylic acids is 1. The number of amidine groups is 1. The summed E-state index contributed by atoms with van der Waals surface area (Å²) in [7, 11) is 4.07. The number of aliphatic hydroxyl groups excluding tert-OH is 1. The number of allylic oxidation sites excluding steroid dienone is 4. The van der Waals surface area contributed by atoms with Gasteiger partial charge in [-0.1, -0.05) is 36.4 Å². The van der Waals surface area contributed by atoms with Gasteiger partial charge < -0.3 is 29.1 Å². The maximum atomic E-state index is 13.7. The Morgan fingerprint density at radius 2 is 1.88 bits per heavy atom. The molecule has 1 fully saturated rings. The SMILES string of the molecule is CCOC(=O)C1=C(C2=CC=C(N(C)C)CC2)N2N=C(N3CCOCC3)C=C(c3ccccc3)C2C1C(O)OCC. The van der Waals surface area contributed by atoms with Gasteiger partial charge in [-0.2, -0.15) is 5.10 Å². The number of rotatable bonds is 8. The number of fused-ring (bicyclic) bond motifs is 1. The summed E-state index contributed by atoms with van der Waals surface area (Å²) in [4.78, 5) is 18.1. The molecule has 4 aliphatic rings. The number of morpholine rings is 1. The molecule has 3 atom stereocenters. The maximum absolute atomic E-state index is 13.7. The van der Waals surface area contributed by atoms with E-state index in [1.807, 2.05) is 44.2 Å². The van der Waals surface area contributed by atoms with E-state index in [2.05, 4.69) is 40.2 Å². The number of ether oxygens (including phenoxy) is 3. The van der Waals surface area contributed by atoms with Crippen LogP contribution >= 0.6 is 0 Å². The van der Waals surface area contributed by atoms with Crippen LogP contribution in [0.2, 0.25) is 0 Å². The summed E-state index contributed by atoms with van der Waals surface area (Å²) in [6.07, 6.45) is 6.61. The third-order valence-corrected chi connectivity index (χ3v) is 7.82. The van der Waals surface area contributed by atoms with E-state index < -0.39 is 24.2 Å². The lowest BCUT2D eigenvalue weighted by Crippen LogP contribution is -2.46. The second-order valence-corrected chi connectivity index (χ2v) is 10.4. The van der Waals surface area contributed by atoms with Crippen molar-refractivity contribution < 1.29 is 24.1 Å². The summed E-state index contributed by atoms with van der Waals surface area (Å²) in [6, 6.07) is 9.65. The third-order valence-electron chi connectivity index (χ3n) is 7.82. The highest BCUT2D eigenvalue weighted by Crippen LogP contribution is 2.48. The van der Waals surface area contributed by atoms with Crippen LogP contribution in [0.1, 0.15) is 32.3 Å². The number of esters is 1. The number of hydrazone groups is 1. The van der Waals surface area contributed by atoms with Gasteiger partial charge in [0.25, 0.3) is 0 Å². The predicted molar refractivity (Wildman–Crippen MR) is 154 cm³/mol. The molecule has 0 amide bonds. The minimum absolute atomic E-state index is 0.227. The second kappa shape index (κ2) is 12.4. The smallest absolute Gasteiger partial charge is 0.336 e. The molecule has 1 N–H and O–H groups in total. The van der Waals surface area contributed by atoms with Crippen molar-refractivity contribution in [2.45, 2.75) is 39.0 Å². The lowest BCUT2D eigenvalue weighted by molar-refractivity contribution is -0.147. The largest absolute Gasteiger partial charge is 0.463 e. The molecule has 1 aromatic carbocycles. The van der Waals surface area contributed by atoms with Crippen molar-refractivity contribution in [3.05, 3.63) is 76.7 Å². The average Bonchev–Trinajstić information content (AvgIpc) is 3.33. The molecule has 3 unspecified atom stereocenters. The van der Waals surface area contributed by atoms with Gasteiger partial charge >= 0.3 is 5.97 Å². The van der Waals surface area contributed by atoms with Gasteiger partial charge in [-0.3, -0.25) is 5.01 Å². The van der Waals surface area contributed by atoms with Crippen molar-refractivity contribution in [2.75, 3.05) is 53.6 Å². The number of aliphatic hydroxyl groups is 1. The highest BCUT2D eigenvalue weighted by Gasteiger charge is 2.52. The van der Waals surface area contributed by atoms with Crippen LogP contribution in [0.5, 0.6) is 0 Å². The molecule has 5 rings (SSSR count). The maximum Gasteiger partial charge on any atom is 0.336 e. The topological polar surface area (TPSA) is 87.1 Å². The Labute approximate surface area is 236 Å². The highest BCUT2D eigenvalue weighted by molar-refractivity contribution is 6.03. The third kappa shape index (κ3) is 5.46. The van der Waals surface area contributed by atoms with Crippen molar-refractivity contribution in [1.82, 2.24) is 14.8 Å². The molecule has 40 heavy (non-hydrogen) atoms. The molecule has 9 heteroatoms. The van der Waals surface area contributed by atoms with Gasteiger partial charge in [0.2, 0.25) is 0 Å². The number of hydrogen-bond donors (Lipinski definition) is 1. The van der Waals surface area contributed by atoms with Crippen LogP contribution in [-0.2, 0) is 19.0 Å². The molecule has 0 bridgehead atoms. The van der Waals surface area contributed by atoms with E-state index in [-0.39, 0.29) is 6.61 Å². The first-order chi connectivity index (χ1) is 19.4. The molecular formula is C31H40N4O5. The number of hydrogen-bond acceptors (Lipinski definition) is 9. The van der Waals surface area contributed by atoms with Crippen molar-refractivity contribution in [2.24, 2.45) is 11.0 Å². The van der Waals surface area contributed by atoms with E-state index in [9.17, 15) is 9.90 Å². The van der Waals surface area contributed by atoms with E-state index in [1.54, 1.807) is 6.92 Å². The summed E-state index contributed by atoms with van der Waals surface area (Å²) in [5, 5.41) is 18.6. The lowest BCUT2D eigenvalue weighted by atomic mass is 9.84. The summed E-state index contributed by atoms with van der Waals surface area (Å²) in [6.45, 7) is 6.87. The first-order valence-electron chi connectivity index (χ1n) is 14.2. The minimum atomic E-state index is -1.22. The molecule has 9 nitrogen and oxygen atoms in total.